The van der Waals surface area contributed by atoms with Crippen LogP contribution in [0, 0.1) is 20.8 Å². The lowest BCUT2D eigenvalue weighted by atomic mass is 10.0. The van der Waals surface area contributed by atoms with Gasteiger partial charge in [0.1, 0.15) is 5.76 Å². The number of nitrogens with one attached hydrogen (secondary N) is 1. The van der Waals surface area contributed by atoms with Crippen LogP contribution in [0.3, 0.4) is 0 Å². The highest BCUT2D eigenvalue weighted by molar-refractivity contribution is 8.00. The Morgan fingerprint density at radius 3 is 2.62 bits per heavy atom. The zero-order valence-electron chi connectivity index (χ0n) is 17.2. The fourth-order valence-electron chi connectivity index (χ4n) is 3.43. The maximum Gasteiger partial charge on any atom is 0.192 e. The summed E-state index contributed by atoms with van der Waals surface area (Å²) in [4.78, 5) is 28.0. The highest BCUT2D eigenvalue weighted by Gasteiger charge is 2.26. The first kappa shape index (κ1) is 20.9. The van der Waals surface area contributed by atoms with E-state index in [1.54, 1.807) is 26.2 Å². The quantitative estimate of drug-likeness (QED) is 0.332. The first-order chi connectivity index (χ1) is 13.8. The summed E-state index contributed by atoms with van der Waals surface area (Å²) in [6, 6.07) is 1.84. The molecule has 1 N–H and O–H groups in total. The number of aromatic nitrogens is 4. The third-order valence-corrected chi connectivity index (χ3v) is 5.90. The number of hydrogen-bond acceptors (Lipinski definition) is 6. The highest BCUT2D eigenvalue weighted by Crippen LogP contribution is 2.31. The predicted molar refractivity (Wildman–Crippen MR) is 113 cm³/mol. The molecule has 0 aliphatic heterocycles. The molecule has 0 amide bonds. The topological polar surface area (TPSA) is 93.8 Å². The molecular formula is C21H24N4O3S. The Kier molecular flexibility index (Phi) is 5.93. The Balaban J connectivity index is 1.90. The molecule has 3 aromatic rings. The number of hydrogen-bond donors (Lipinski definition) is 1. The van der Waals surface area contributed by atoms with Crippen LogP contribution in [0.2, 0.25) is 0 Å². The van der Waals surface area contributed by atoms with Crippen molar-refractivity contribution in [2.45, 2.75) is 51.6 Å². The first-order valence-electron chi connectivity index (χ1n) is 9.25. The summed E-state index contributed by atoms with van der Waals surface area (Å²) in [6.07, 6.45) is 3.37. The molecular weight excluding hydrogens is 388 g/mol. The Morgan fingerprint density at radius 1 is 1.34 bits per heavy atom. The number of aromatic amines is 1. The average molecular weight is 413 g/mol. The standard InChI is InChI=1S/C21H24N4O3S/c1-7-9-25-20(16-8-10-28-14(16)5)23-24-21(25)29-15(6)19(27)18-11(2)17(13(4)26)12(3)22-18/h7-8,10,15,22H,1,9H2,2-6H3/t15-/m0/s1. The largest absolute Gasteiger partial charge is 0.469 e. The molecule has 29 heavy (non-hydrogen) atoms. The molecule has 3 heterocycles. The van der Waals surface area contributed by atoms with Gasteiger partial charge in [0.25, 0.3) is 0 Å². The summed E-state index contributed by atoms with van der Waals surface area (Å²) in [6.45, 7) is 13.1. The van der Waals surface area contributed by atoms with Crippen LogP contribution in [-0.2, 0) is 6.54 Å². The molecule has 0 aliphatic carbocycles. The molecule has 0 unspecified atom stereocenters. The molecule has 3 rings (SSSR count). The zero-order chi connectivity index (χ0) is 21.3. The van der Waals surface area contributed by atoms with E-state index in [1.165, 1.54) is 18.7 Å². The van der Waals surface area contributed by atoms with Crippen molar-refractivity contribution in [2.75, 3.05) is 0 Å². The number of carbonyl (C=O) groups excluding carboxylic acids is 2. The van der Waals surface area contributed by atoms with Crippen LogP contribution in [0.25, 0.3) is 11.4 Å². The molecule has 7 nitrogen and oxygen atoms in total. The fourth-order valence-corrected chi connectivity index (χ4v) is 4.34. The van der Waals surface area contributed by atoms with E-state index < -0.39 is 5.25 Å². The van der Waals surface area contributed by atoms with Crippen LogP contribution < -0.4 is 0 Å². The van der Waals surface area contributed by atoms with Gasteiger partial charge in [-0.2, -0.15) is 0 Å². The molecule has 0 aliphatic rings. The van der Waals surface area contributed by atoms with Crippen LogP contribution >= 0.6 is 11.8 Å². The number of thioether (sulfide) groups is 1. The minimum atomic E-state index is -0.419. The van der Waals surface area contributed by atoms with Crippen molar-refractivity contribution in [3.8, 4) is 11.4 Å². The summed E-state index contributed by atoms with van der Waals surface area (Å²) in [5.74, 6) is 1.28. The van der Waals surface area contributed by atoms with E-state index in [-0.39, 0.29) is 11.6 Å². The molecule has 152 valence electrons. The number of ketones is 2. The van der Waals surface area contributed by atoms with Gasteiger partial charge in [0.15, 0.2) is 22.5 Å². The minimum Gasteiger partial charge on any atom is -0.469 e. The van der Waals surface area contributed by atoms with Gasteiger partial charge < -0.3 is 9.40 Å². The number of Topliss-reactive ketones (excluding diaryl/α,β-unsaturated/α-hetero) is 2. The van der Waals surface area contributed by atoms with E-state index in [0.717, 1.165) is 11.3 Å². The van der Waals surface area contributed by atoms with Gasteiger partial charge in [0, 0.05) is 17.8 Å². The second-order valence-electron chi connectivity index (χ2n) is 6.90. The van der Waals surface area contributed by atoms with E-state index in [0.29, 0.717) is 40.0 Å². The predicted octanol–water partition coefficient (Wildman–Crippen LogP) is 4.54. The third kappa shape index (κ3) is 3.85. The molecule has 8 heteroatoms. The van der Waals surface area contributed by atoms with Crippen LogP contribution in [0.5, 0.6) is 0 Å². The van der Waals surface area contributed by atoms with E-state index in [2.05, 4.69) is 21.8 Å². The Morgan fingerprint density at radius 2 is 2.07 bits per heavy atom. The number of furan rings is 1. The van der Waals surface area contributed by atoms with Crippen LogP contribution in [0.1, 0.15) is 51.7 Å². The Bertz CT molecular complexity index is 1090. The summed E-state index contributed by atoms with van der Waals surface area (Å²) >= 11 is 1.33. The SMILES string of the molecule is C=CCn1c(S[C@@H](C)C(=O)c2[nH]c(C)c(C(C)=O)c2C)nnc1-c1ccoc1C. The van der Waals surface area contributed by atoms with Gasteiger partial charge in [-0.05, 0) is 46.2 Å². The monoisotopic (exact) mass is 412 g/mol. The highest BCUT2D eigenvalue weighted by atomic mass is 32.2. The molecule has 0 spiro atoms. The first-order valence-corrected chi connectivity index (χ1v) is 10.1. The summed E-state index contributed by atoms with van der Waals surface area (Å²) < 4.78 is 7.29. The number of rotatable bonds is 8. The lowest BCUT2D eigenvalue weighted by Crippen LogP contribution is -2.16. The minimum absolute atomic E-state index is 0.0542. The van der Waals surface area contributed by atoms with E-state index in [4.69, 9.17) is 4.42 Å². The number of aryl methyl sites for hydroxylation is 2. The van der Waals surface area contributed by atoms with Crippen molar-refractivity contribution in [3.63, 3.8) is 0 Å². The van der Waals surface area contributed by atoms with Gasteiger partial charge in [0.2, 0.25) is 0 Å². The lowest BCUT2D eigenvalue weighted by Gasteiger charge is -2.11. The zero-order valence-corrected chi connectivity index (χ0v) is 18.0. The van der Waals surface area contributed by atoms with Crippen LogP contribution in [0.15, 0.2) is 34.6 Å². The van der Waals surface area contributed by atoms with Crippen molar-refractivity contribution in [2.24, 2.45) is 0 Å². The second kappa shape index (κ2) is 8.24. The molecule has 1 atom stereocenters. The number of allylic oxidation sites excluding steroid dienone is 1. The van der Waals surface area contributed by atoms with Gasteiger partial charge in [-0.15, -0.1) is 16.8 Å². The molecule has 0 saturated carbocycles. The number of H-pyrrole nitrogens is 1. The van der Waals surface area contributed by atoms with E-state index >= 15 is 0 Å². The van der Waals surface area contributed by atoms with Gasteiger partial charge in [-0.1, -0.05) is 17.8 Å². The van der Waals surface area contributed by atoms with E-state index in [9.17, 15) is 9.59 Å². The van der Waals surface area contributed by atoms with Crippen molar-refractivity contribution >= 4 is 23.3 Å². The summed E-state index contributed by atoms with van der Waals surface area (Å²) in [5.41, 5.74) is 3.30. The molecule has 0 aromatic carbocycles. The maximum atomic E-state index is 13.1. The average Bonchev–Trinajstić information content (AvgIpc) is 3.33. The van der Waals surface area contributed by atoms with Crippen molar-refractivity contribution < 1.29 is 14.0 Å². The van der Waals surface area contributed by atoms with Crippen molar-refractivity contribution in [1.82, 2.24) is 19.7 Å². The number of nitrogens with zero attached hydrogens (tertiary/aromatic N) is 3. The number of carbonyl (C=O) groups is 2. The van der Waals surface area contributed by atoms with Gasteiger partial charge >= 0.3 is 0 Å². The molecule has 0 bridgehead atoms. The summed E-state index contributed by atoms with van der Waals surface area (Å²) in [7, 11) is 0. The fraction of sp³-hybridized carbons (Fsp3) is 0.333. The van der Waals surface area contributed by atoms with Crippen molar-refractivity contribution in [1.29, 1.82) is 0 Å². The van der Waals surface area contributed by atoms with Gasteiger partial charge in [-0.3, -0.25) is 14.2 Å². The Hall–Kier alpha value is -2.87. The van der Waals surface area contributed by atoms with Crippen LogP contribution in [0.4, 0.5) is 0 Å². The summed E-state index contributed by atoms with van der Waals surface area (Å²) in [5, 5.41) is 8.79. The Labute approximate surface area is 173 Å². The van der Waals surface area contributed by atoms with E-state index in [1.807, 2.05) is 24.5 Å². The van der Waals surface area contributed by atoms with Crippen molar-refractivity contribution in [3.05, 3.63) is 53.3 Å². The third-order valence-electron chi connectivity index (χ3n) is 4.82. The molecule has 0 saturated heterocycles. The smallest absolute Gasteiger partial charge is 0.192 e. The van der Waals surface area contributed by atoms with Crippen LogP contribution in [-0.4, -0.2) is 36.6 Å². The molecule has 0 fully saturated rings. The normalized spacial score (nSPS) is 12.2. The van der Waals surface area contributed by atoms with Gasteiger partial charge in [0.05, 0.1) is 22.8 Å². The second-order valence-corrected chi connectivity index (χ2v) is 8.21. The molecule has 3 aromatic heterocycles. The maximum absolute atomic E-state index is 13.1. The van der Waals surface area contributed by atoms with Gasteiger partial charge in [-0.25, -0.2) is 0 Å². The molecule has 0 radical (unpaired) electrons. The lowest BCUT2D eigenvalue weighted by molar-refractivity contribution is 0.0988.